The smallest absolute Gasteiger partial charge is 0.239 e. The predicted octanol–water partition coefficient (Wildman–Crippen LogP) is 0.811. The SMILES string of the molecule is C[C@@H](N)C(=O)N1CCCC1CN1CCCCC1. The molecule has 1 unspecified atom stereocenters. The lowest BCUT2D eigenvalue weighted by molar-refractivity contribution is -0.133. The van der Waals surface area contributed by atoms with E-state index in [4.69, 9.17) is 5.73 Å². The number of likely N-dealkylation sites (tertiary alicyclic amines) is 2. The van der Waals surface area contributed by atoms with Crippen LogP contribution in [0.15, 0.2) is 0 Å². The van der Waals surface area contributed by atoms with Crippen molar-refractivity contribution in [1.29, 1.82) is 0 Å². The Balaban J connectivity index is 1.88. The molecule has 1 amide bonds. The number of hydrogen-bond acceptors (Lipinski definition) is 3. The fourth-order valence-corrected chi connectivity index (χ4v) is 3.02. The normalized spacial score (nSPS) is 28.4. The van der Waals surface area contributed by atoms with Gasteiger partial charge in [-0.15, -0.1) is 0 Å². The molecule has 2 rings (SSSR count). The standard InChI is InChI=1S/C13H25N3O/c1-11(14)13(17)16-9-5-6-12(16)10-15-7-3-2-4-8-15/h11-12H,2-10,14H2,1H3/t11-,12?/m1/s1. The second-order valence-corrected chi connectivity index (χ2v) is 5.48. The highest BCUT2D eigenvalue weighted by molar-refractivity contribution is 5.81. The van der Waals surface area contributed by atoms with E-state index in [-0.39, 0.29) is 11.9 Å². The van der Waals surface area contributed by atoms with Gasteiger partial charge in [0.25, 0.3) is 0 Å². The van der Waals surface area contributed by atoms with Crippen LogP contribution in [0.5, 0.6) is 0 Å². The zero-order valence-electron chi connectivity index (χ0n) is 10.9. The van der Waals surface area contributed by atoms with Gasteiger partial charge in [-0.25, -0.2) is 0 Å². The Bertz CT molecular complexity index is 261. The van der Waals surface area contributed by atoms with Gasteiger partial charge in [0.2, 0.25) is 5.91 Å². The summed E-state index contributed by atoms with van der Waals surface area (Å²) in [5.41, 5.74) is 5.71. The first kappa shape index (κ1) is 12.8. The van der Waals surface area contributed by atoms with Crippen molar-refractivity contribution in [3.05, 3.63) is 0 Å². The maximum Gasteiger partial charge on any atom is 0.239 e. The van der Waals surface area contributed by atoms with Crippen LogP contribution in [-0.2, 0) is 4.79 Å². The highest BCUT2D eigenvalue weighted by Gasteiger charge is 2.31. The number of amides is 1. The van der Waals surface area contributed by atoms with Gasteiger partial charge in [0.05, 0.1) is 6.04 Å². The number of piperidine rings is 1. The van der Waals surface area contributed by atoms with E-state index in [1.54, 1.807) is 6.92 Å². The molecule has 2 fully saturated rings. The molecule has 0 aromatic carbocycles. The van der Waals surface area contributed by atoms with E-state index in [0.717, 1.165) is 25.9 Å². The Morgan fingerprint density at radius 2 is 1.94 bits per heavy atom. The van der Waals surface area contributed by atoms with Gasteiger partial charge in [0.15, 0.2) is 0 Å². The Kier molecular flexibility index (Phi) is 4.40. The molecule has 2 N–H and O–H groups in total. The first-order chi connectivity index (χ1) is 8.18. The van der Waals surface area contributed by atoms with Crippen LogP contribution in [0.3, 0.4) is 0 Å². The summed E-state index contributed by atoms with van der Waals surface area (Å²) in [6, 6.07) is 0.0588. The van der Waals surface area contributed by atoms with Crippen molar-refractivity contribution in [2.24, 2.45) is 5.73 Å². The maximum atomic E-state index is 12.0. The lowest BCUT2D eigenvalue weighted by Gasteiger charge is -2.33. The number of carbonyl (C=O) groups is 1. The first-order valence-corrected chi connectivity index (χ1v) is 6.97. The van der Waals surface area contributed by atoms with Gasteiger partial charge in [-0.3, -0.25) is 4.79 Å². The van der Waals surface area contributed by atoms with Crippen molar-refractivity contribution >= 4 is 5.91 Å². The van der Waals surface area contributed by atoms with Crippen molar-refractivity contribution in [2.45, 2.75) is 51.1 Å². The summed E-state index contributed by atoms with van der Waals surface area (Å²) in [6.07, 6.45) is 6.28. The summed E-state index contributed by atoms with van der Waals surface area (Å²) < 4.78 is 0. The van der Waals surface area contributed by atoms with Crippen LogP contribution in [0.2, 0.25) is 0 Å². The molecule has 98 valence electrons. The number of carbonyl (C=O) groups excluding carboxylic acids is 1. The van der Waals surface area contributed by atoms with Crippen LogP contribution >= 0.6 is 0 Å². The molecule has 4 nitrogen and oxygen atoms in total. The van der Waals surface area contributed by atoms with E-state index in [9.17, 15) is 4.79 Å². The summed E-state index contributed by atoms with van der Waals surface area (Å²) >= 11 is 0. The van der Waals surface area contributed by atoms with Gasteiger partial charge < -0.3 is 15.5 Å². The number of rotatable bonds is 3. The lowest BCUT2D eigenvalue weighted by atomic mass is 10.1. The minimum Gasteiger partial charge on any atom is -0.337 e. The predicted molar refractivity (Wildman–Crippen MR) is 68.7 cm³/mol. The minimum absolute atomic E-state index is 0.129. The van der Waals surface area contributed by atoms with Gasteiger partial charge in [-0.2, -0.15) is 0 Å². The molecule has 0 spiro atoms. The van der Waals surface area contributed by atoms with Gasteiger partial charge in [0, 0.05) is 19.1 Å². The van der Waals surface area contributed by atoms with Crippen molar-refractivity contribution in [3.63, 3.8) is 0 Å². The Hall–Kier alpha value is -0.610. The molecular weight excluding hydrogens is 214 g/mol. The van der Waals surface area contributed by atoms with Crippen LogP contribution in [0, 0.1) is 0 Å². The second kappa shape index (κ2) is 5.83. The lowest BCUT2D eigenvalue weighted by Crippen LogP contribution is -2.49. The number of nitrogens with two attached hydrogens (primary N) is 1. The van der Waals surface area contributed by atoms with Crippen molar-refractivity contribution in [3.8, 4) is 0 Å². The molecule has 0 radical (unpaired) electrons. The fraction of sp³-hybridized carbons (Fsp3) is 0.923. The molecule has 17 heavy (non-hydrogen) atoms. The highest BCUT2D eigenvalue weighted by Crippen LogP contribution is 2.20. The van der Waals surface area contributed by atoms with Gasteiger partial charge in [-0.05, 0) is 45.7 Å². The zero-order valence-corrected chi connectivity index (χ0v) is 10.9. The highest BCUT2D eigenvalue weighted by atomic mass is 16.2. The Morgan fingerprint density at radius 3 is 2.59 bits per heavy atom. The molecule has 4 heteroatoms. The molecule has 0 aromatic rings. The van der Waals surface area contributed by atoms with Crippen LogP contribution in [0.4, 0.5) is 0 Å². The average molecular weight is 239 g/mol. The maximum absolute atomic E-state index is 12.0. The van der Waals surface area contributed by atoms with Crippen molar-refractivity contribution < 1.29 is 4.79 Å². The summed E-state index contributed by atoms with van der Waals surface area (Å²) in [6.45, 7) is 6.16. The molecule has 0 aromatic heterocycles. The largest absolute Gasteiger partial charge is 0.337 e. The van der Waals surface area contributed by atoms with E-state index in [1.165, 1.54) is 32.4 Å². The minimum atomic E-state index is -0.350. The molecule has 0 aliphatic carbocycles. The molecule has 2 heterocycles. The van der Waals surface area contributed by atoms with E-state index in [2.05, 4.69) is 4.90 Å². The van der Waals surface area contributed by atoms with Crippen LogP contribution in [0.1, 0.15) is 39.0 Å². The van der Waals surface area contributed by atoms with Crippen molar-refractivity contribution in [1.82, 2.24) is 9.80 Å². The topological polar surface area (TPSA) is 49.6 Å². The first-order valence-electron chi connectivity index (χ1n) is 6.97. The molecule has 2 saturated heterocycles. The van der Waals surface area contributed by atoms with Gasteiger partial charge in [-0.1, -0.05) is 6.42 Å². The van der Waals surface area contributed by atoms with Crippen LogP contribution in [0.25, 0.3) is 0 Å². The summed E-state index contributed by atoms with van der Waals surface area (Å²) in [5, 5.41) is 0. The number of nitrogens with zero attached hydrogens (tertiary/aromatic N) is 2. The number of hydrogen-bond donors (Lipinski definition) is 1. The quantitative estimate of drug-likeness (QED) is 0.793. The Labute approximate surface area is 104 Å². The molecule has 0 bridgehead atoms. The van der Waals surface area contributed by atoms with Crippen molar-refractivity contribution in [2.75, 3.05) is 26.2 Å². The monoisotopic (exact) mass is 239 g/mol. The van der Waals surface area contributed by atoms with E-state index >= 15 is 0 Å². The third-order valence-corrected chi connectivity index (χ3v) is 3.97. The van der Waals surface area contributed by atoms with Gasteiger partial charge in [0.1, 0.15) is 0 Å². The molecule has 2 aliphatic rings. The van der Waals surface area contributed by atoms with E-state index in [0.29, 0.717) is 6.04 Å². The fourth-order valence-electron chi connectivity index (χ4n) is 3.02. The molecule has 2 atom stereocenters. The summed E-state index contributed by atoms with van der Waals surface area (Å²) in [4.78, 5) is 16.5. The van der Waals surface area contributed by atoms with E-state index in [1.807, 2.05) is 4.90 Å². The summed E-state index contributed by atoms with van der Waals surface area (Å²) in [7, 11) is 0. The van der Waals surface area contributed by atoms with E-state index < -0.39 is 0 Å². The third kappa shape index (κ3) is 3.19. The molecule has 2 aliphatic heterocycles. The molecular formula is C13H25N3O. The second-order valence-electron chi connectivity index (χ2n) is 5.48. The van der Waals surface area contributed by atoms with Crippen LogP contribution < -0.4 is 5.73 Å². The summed E-state index contributed by atoms with van der Waals surface area (Å²) in [5.74, 6) is 0.129. The third-order valence-electron chi connectivity index (χ3n) is 3.97. The zero-order chi connectivity index (χ0) is 12.3. The Morgan fingerprint density at radius 1 is 1.24 bits per heavy atom. The average Bonchev–Trinajstić information content (AvgIpc) is 2.77. The van der Waals surface area contributed by atoms with Crippen LogP contribution in [-0.4, -0.2) is 54.0 Å². The van der Waals surface area contributed by atoms with Gasteiger partial charge >= 0.3 is 0 Å². The molecule has 0 saturated carbocycles.